The Labute approximate surface area is 83.2 Å². The maximum Gasteiger partial charge on any atom is 0.141 e. The minimum Gasteiger partial charge on any atom is -0.488 e. The molecular weight excluding hydrogens is 186 g/mol. The van der Waals surface area contributed by atoms with Gasteiger partial charge in [-0.2, -0.15) is 0 Å². The van der Waals surface area contributed by atoms with E-state index in [1.165, 1.54) is 0 Å². The Bertz CT molecular complexity index is 310. The second kappa shape index (κ2) is 4.87. The zero-order chi connectivity index (χ0) is 9.68. The first-order valence-corrected chi connectivity index (χ1v) is 4.49. The van der Waals surface area contributed by atoms with Crippen LogP contribution in [0.15, 0.2) is 24.3 Å². The van der Waals surface area contributed by atoms with Crippen LogP contribution in [-0.4, -0.2) is 11.6 Å². The lowest BCUT2D eigenvalue weighted by molar-refractivity contribution is 0.358. The average molecular weight is 198 g/mol. The van der Waals surface area contributed by atoms with Gasteiger partial charge < -0.3 is 4.74 Å². The van der Waals surface area contributed by atoms with Gasteiger partial charge in [0.25, 0.3) is 0 Å². The molecule has 1 aromatic rings. The van der Waals surface area contributed by atoms with Crippen LogP contribution in [-0.2, 0) is 0 Å². The minimum atomic E-state index is 0.496. The maximum absolute atomic E-state index is 5.70. The minimum absolute atomic E-state index is 0.496. The maximum atomic E-state index is 5.70. The summed E-state index contributed by atoms with van der Waals surface area (Å²) in [6.07, 6.45) is 3.88. The number of hydrogen-bond donors (Lipinski definition) is 0. The van der Waals surface area contributed by atoms with Gasteiger partial charge in [-0.15, -0.1) is 0 Å². The van der Waals surface area contributed by atoms with Crippen molar-refractivity contribution in [2.45, 2.75) is 13.8 Å². The topological polar surface area (TPSA) is 22.1 Å². The standard InChI is InChI=1S/C10H12ClNO/c1-3-4-7-13-9-5-6-10(11)12-8(9)2/h3-6H,7H2,1-2H3/b4-3+. The lowest BCUT2D eigenvalue weighted by Crippen LogP contribution is -1.96. The van der Waals surface area contributed by atoms with Crippen molar-refractivity contribution in [2.75, 3.05) is 6.61 Å². The zero-order valence-corrected chi connectivity index (χ0v) is 8.51. The molecule has 1 aromatic heterocycles. The summed E-state index contributed by atoms with van der Waals surface area (Å²) in [6.45, 7) is 4.40. The Hall–Kier alpha value is -1.02. The summed E-state index contributed by atoms with van der Waals surface area (Å²) in [7, 11) is 0. The summed E-state index contributed by atoms with van der Waals surface area (Å²) in [5, 5.41) is 0.496. The Balaban J connectivity index is 2.66. The molecule has 0 aliphatic carbocycles. The van der Waals surface area contributed by atoms with E-state index in [4.69, 9.17) is 16.3 Å². The summed E-state index contributed by atoms with van der Waals surface area (Å²) in [6, 6.07) is 3.55. The summed E-state index contributed by atoms with van der Waals surface area (Å²) < 4.78 is 5.42. The number of rotatable bonds is 3. The van der Waals surface area contributed by atoms with Crippen molar-refractivity contribution in [1.82, 2.24) is 4.98 Å². The molecule has 1 rings (SSSR count). The van der Waals surface area contributed by atoms with E-state index in [-0.39, 0.29) is 0 Å². The smallest absolute Gasteiger partial charge is 0.141 e. The first-order valence-electron chi connectivity index (χ1n) is 4.11. The van der Waals surface area contributed by atoms with Gasteiger partial charge in [-0.05, 0) is 26.0 Å². The van der Waals surface area contributed by atoms with Gasteiger partial charge in [0.15, 0.2) is 0 Å². The number of halogens is 1. The third kappa shape index (κ3) is 3.07. The number of aryl methyl sites for hydroxylation is 1. The molecule has 0 aromatic carbocycles. The van der Waals surface area contributed by atoms with Crippen LogP contribution in [0.3, 0.4) is 0 Å². The molecule has 0 unspecified atom stereocenters. The van der Waals surface area contributed by atoms with E-state index in [9.17, 15) is 0 Å². The van der Waals surface area contributed by atoms with Crippen LogP contribution in [0, 0.1) is 6.92 Å². The van der Waals surface area contributed by atoms with Crippen LogP contribution in [0.2, 0.25) is 5.15 Å². The highest BCUT2D eigenvalue weighted by atomic mass is 35.5. The molecule has 0 saturated carbocycles. The highest BCUT2D eigenvalue weighted by Crippen LogP contribution is 2.17. The molecule has 0 saturated heterocycles. The molecule has 70 valence electrons. The highest BCUT2D eigenvalue weighted by molar-refractivity contribution is 6.29. The molecule has 0 aliphatic rings. The van der Waals surface area contributed by atoms with Gasteiger partial charge in [0.05, 0.1) is 5.69 Å². The van der Waals surface area contributed by atoms with Gasteiger partial charge in [0.1, 0.15) is 17.5 Å². The van der Waals surface area contributed by atoms with Crippen molar-refractivity contribution in [3.05, 3.63) is 35.1 Å². The quantitative estimate of drug-likeness (QED) is 0.549. The average Bonchev–Trinajstić information content (AvgIpc) is 2.09. The first kappa shape index (κ1) is 10.1. The summed E-state index contributed by atoms with van der Waals surface area (Å²) >= 11 is 5.70. The molecule has 0 spiro atoms. The van der Waals surface area contributed by atoms with E-state index in [1.54, 1.807) is 6.07 Å². The third-order valence-corrected chi connectivity index (χ3v) is 1.78. The highest BCUT2D eigenvalue weighted by Gasteiger charge is 1.99. The molecule has 0 radical (unpaired) electrons. The molecule has 0 bridgehead atoms. The van der Waals surface area contributed by atoms with E-state index in [0.717, 1.165) is 11.4 Å². The monoisotopic (exact) mass is 197 g/mol. The van der Waals surface area contributed by atoms with E-state index in [0.29, 0.717) is 11.8 Å². The molecule has 3 heteroatoms. The lowest BCUT2D eigenvalue weighted by atomic mass is 10.3. The number of allylic oxidation sites excluding steroid dienone is 1. The van der Waals surface area contributed by atoms with E-state index < -0.39 is 0 Å². The van der Waals surface area contributed by atoms with Crippen molar-refractivity contribution in [3.63, 3.8) is 0 Å². The molecule has 13 heavy (non-hydrogen) atoms. The van der Waals surface area contributed by atoms with Gasteiger partial charge in [0.2, 0.25) is 0 Å². The fourth-order valence-electron chi connectivity index (χ4n) is 0.904. The normalized spacial score (nSPS) is 10.7. The Morgan fingerprint density at radius 3 is 2.92 bits per heavy atom. The molecule has 0 amide bonds. The second-order valence-electron chi connectivity index (χ2n) is 2.60. The van der Waals surface area contributed by atoms with Crippen LogP contribution in [0.5, 0.6) is 5.75 Å². The number of ether oxygens (including phenoxy) is 1. The van der Waals surface area contributed by atoms with Crippen LogP contribution < -0.4 is 4.74 Å². The van der Waals surface area contributed by atoms with E-state index in [1.807, 2.05) is 32.1 Å². The fraction of sp³-hybridized carbons (Fsp3) is 0.300. The van der Waals surface area contributed by atoms with E-state index in [2.05, 4.69) is 4.98 Å². The number of pyridine rings is 1. The van der Waals surface area contributed by atoms with Crippen molar-refractivity contribution in [2.24, 2.45) is 0 Å². The summed E-state index contributed by atoms with van der Waals surface area (Å²) in [5.41, 5.74) is 0.817. The predicted molar refractivity (Wildman–Crippen MR) is 54.3 cm³/mol. The van der Waals surface area contributed by atoms with Gasteiger partial charge in [-0.1, -0.05) is 23.8 Å². The Kier molecular flexibility index (Phi) is 3.77. The van der Waals surface area contributed by atoms with Gasteiger partial charge in [0, 0.05) is 0 Å². The van der Waals surface area contributed by atoms with Crippen molar-refractivity contribution in [3.8, 4) is 5.75 Å². The first-order chi connectivity index (χ1) is 6.24. The molecule has 0 fully saturated rings. The summed E-state index contributed by atoms with van der Waals surface area (Å²) in [5.74, 6) is 0.780. The largest absolute Gasteiger partial charge is 0.488 e. The Morgan fingerprint density at radius 2 is 2.31 bits per heavy atom. The van der Waals surface area contributed by atoms with Gasteiger partial charge >= 0.3 is 0 Å². The fourth-order valence-corrected chi connectivity index (χ4v) is 1.09. The van der Waals surface area contributed by atoms with Crippen molar-refractivity contribution in [1.29, 1.82) is 0 Å². The SMILES string of the molecule is C/C=C/COc1ccc(Cl)nc1C. The van der Waals surface area contributed by atoms with Crippen molar-refractivity contribution < 1.29 is 4.74 Å². The lowest BCUT2D eigenvalue weighted by Gasteiger charge is -2.05. The molecular formula is C10H12ClNO. The molecule has 0 atom stereocenters. The van der Waals surface area contributed by atoms with Gasteiger partial charge in [-0.3, -0.25) is 0 Å². The zero-order valence-electron chi connectivity index (χ0n) is 7.75. The third-order valence-electron chi connectivity index (χ3n) is 1.57. The number of hydrogen-bond acceptors (Lipinski definition) is 2. The van der Waals surface area contributed by atoms with E-state index >= 15 is 0 Å². The van der Waals surface area contributed by atoms with Crippen LogP contribution in [0.4, 0.5) is 0 Å². The molecule has 1 heterocycles. The van der Waals surface area contributed by atoms with Crippen molar-refractivity contribution >= 4 is 11.6 Å². The molecule has 0 aliphatic heterocycles. The Morgan fingerprint density at radius 1 is 1.54 bits per heavy atom. The van der Waals surface area contributed by atoms with Crippen LogP contribution >= 0.6 is 11.6 Å². The number of aromatic nitrogens is 1. The molecule has 0 N–H and O–H groups in total. The summed E-state index contributed by atoms with van der Waals surface area (Å²) in [4.78, 5) is 4.07. The van der Waals surface area contributed by atoms with Gasteiger partial charge in [-0.25, -0.2) is 4.98 Å². The predicted octanol–water partition coefficient (Wildman–Crippen LogP) is 3.00. The molecule has 2 nitrogen and oxygen atoms in total. The van der Waals surface area contributed by atoms with Crippen LogP contribution in [0.1, 0.15) is 12.6 Å². The van der Waals surface area contributed by atoms with Crippen LogP contribution in [0.25, 0.3) is 0 Å². The number of nitrogens with zero attached hydrogens (tertiary/aromatic N) is 1. The second-order valence-corrected chi connectivity index (χ2v) is 2.98.